The zero-order valence-corrected chi connectivity index (χ0v) is 13.4. The number of hydrogen-bond acceptors (Lipinski definition) is 4. The van der Waals surface area contributed by atoms with Crippen molar-refractivity contribution >= 4 is 37.4 Å². The van der Waals surface area contributed by atoms with E-state index >= 15 is 0 Å². The number of carboxylic acid groups (broad SMARTS) is 1. The Hall–Kier alpha value is -1.44. The van der Waals surface area contributed by atoms with Gasteiger partial charge in [-0.1, -0.05) is 38.5 Å². The molecule has 1 heterocycles. The van der Waals surface area contributed by atoms with Crippen molar-refractivity contribution in [2.45, 2.75) is 25.2 Å². The van der Waals surface area contributed by atoms with Crippen molar-refractivity contribution in [1.29, 1.82) is 0 Å². The van der Waals surface area contributed by atoms with E-state index in [2.05, 4.69) is 4.72 Å². The van der Waals surface area contributed by atoms with Crippen LogP contribution in [-0.2, 0) is 10.0 Å². The minimum absolute atomic E-state index is 0.126. The lowest BCUT2D eigenvalue weighted by Gasteiger charge is -2.11. The second-order valence-corrected chi connectivity index (χ2v) is 7.68. The number of thiophene rings is 1. The Morgan fingerprint density at radius 2 is 2.05 bits per heavy atom. The monoisotopic (exact) mass is 327 g/mol. The number of hydrogen-bond donors (Lipinski definition) is 2. The van der Waals surface area contributed by atoms with E-state index in [0.29, 0.717) is 16.6 Å². The Bertz CT molecular complexity index is 764. The van der Waals surface area contributed by atoms with Crippen molar-refractivity contribution in [3.8, 4) is 0 Å². The van der Waals surface area contributed by atoms with Crippen molar-refractivity contribution in [2.75, 3.05) is 6.54 Å². The molecule has 0 spiro atoms. The van der Waals surface area contributed by atoms with Crippen molar-refractivity contribution in [1.82, 2.24) is 4.72 Å². The topological polar surface area (TPSA) is 83.5 Å². The Morgan fingerprint density at radius 1 is 1.38 bits per heavy atom. The quantitative estimate of drug-likeness (QED) is 0.854. The van der Waals surface area contributed by atoms with Crippen LogP contribution in [0.3, 0.4) is 0 Å². The predicted octanol–water partition coefficient (Wildman–Crippen LogP) is 2.92. The summed E-state index contributed by atoms with van der Waals surface area (Å²) in [6.45, 7) is 4.20. The lowest BCUT2D eigenvalue weighted by molar-refractivity contribution is 0.0698. The normalized spacial score (nSPS) is 13.4. The van der Waals surface area contributed by atoms with Gasteiger partial charge in [0.05, 0.1) is 0 Å². The minimum atomic E-state index is -3.84. The fraction of sp³-hybridized carbons (Fsp3) is 0.357. The van der Waals surface area contributed by atoms with E-state index in [4.69, 9.17) is 0 Å². The summed E-state index contributed by atoms with van der Waals surface area (Å²) < 4.78 is 28.1. The Kier molecular flexibility index (Phi) is 4.65. The molecule has 0 fully saturated rings. The molecule has 114 valence electrons. The summed E-state index contributed by atoms with van der Waals surface area (Å²) in [5.74, 6) is -1.03. The van der Waals surface area contributed by atoms with Gasteiger partial charge in [-0.05, 0) is 12.0 Å². The molecule has 0 aliphatic heterocycles. The molecular weight excluding hydrogens is 310 g/mol. The van der Waals surface area contributed by atoms with Gasteiger partial charge in [0.1, 0.15) is 9.77 Å². The van der Waals surface area contributed by atoms with Gasteiger partial charge in [-0.3, -0.25) is 0 Å². The molecule has 1 unspecified atom stereocenters. The van der Waals surface area contributed by atoms with E-state index < -0.39 is 16.0 Å². The van der Waals surface area contributed by atoms with Gasteiger partial charge in [-0.25, -0.2) is 17.9 Å². The third kappa shape index (κ3) is 3.25. The Labute approximate surface area is 127 Å². The average Bonchev–Trinajstić information content (AvgIpc) is 2.85. The molecular formula is C14H17NO4S2. The molecule has 0 radical (unpaired) electrons. The van der Waals surface area contributed by atoms with Gasteiger partial charge < -0.3 is 5.11 Å². The molecule has 7 heteroatoms. The predicted molar refractivity (Wildman–Crippen MR) is 83.4 cm³/mol. The maximum atomic E-state index is 12.5. The van der Waals surface area contributed by atoms with E-state index in [0.717, 1.165) is 17.8 Å². The van der Waals surface area contributed by atoms with Crippen molar-refractivity contribution in [3.05, 3.63) is 29.1 Å². The van der Waals surface area contributed by atoms with Crippen LogP contribution in [0.15, 0.2) is 29.2 Å². The summed E-state index contributed by atoms with van der Waals surface area (Å²) in [7, 11) is -3.84. The largest absolute Gasteiger partial charge is 0.477 e. The molecule has 21 heavy (non-hydrogen) atoms. The second-order valence-electron chi connectivity index (χ2n) is 4.93. The van der Waals surface area contributed by atoms with Gasteiger partial charge in [-0.15, -0.1) is 11.3 Å². The molecule has 0 saturated carbocycles. The summed E-state index contributed by atoms with van der Waals surface area (Å²) >= 11 is 0.980. The Morgan fingerprint density at radius 3 is 2.67 bits per heavy atom. The van der Waals surface area contributed by atoms with Gasteiger partial charge in [0.2, 0.25) is 10.0 Å². The van der Waals surface area contributed by atoms with Crippen LogP contribution in [0.4, 0.5) is 0 Å². The number of rotatable bonds is 6. The maximum Gasteiger partial charge on any atom is 0.347 e. The molecule has 1 aromatic carbocycles. The summed E-state index contributed by atoms with van der Waals surface area (Å²) in [6, 6.07) is 6.82. The molecule has 0 aliphatic rings. The molecule has 2 rings (SSSR count). The molecule has 0 bridgehead atoms. The van der Waals surface area contributed by atoms with E-state index in [-0.39, 0.29) is 15.7 Å². The van der Waals surface area contributed by atoms with E-state index in [1.165, 1.54) is 0 Å². The molecule has 1 aromatic heterocycles. The summed E-state index contributed by atoms with van der Waals surface area (Å²) in [4.78, 5) is 11.1. The van der Waals surface area contributed by atoms with Crippen LogP contribution >= 0.6 is 11.3 Å². The highest BCUT2D eigenvalue weighted by Crippen LogP contribution is 2.34. The van der Waals surface area contributed by atoms with Crippen molar-refractivity contribution in [2.24, 2.45) is 5.92 Å². The summed E-state index contributed by atoms with van der Waals surface area (Å²) in [5.41, 5.74) is 0. The van der Waals surface area contributed by atoms with E-state index in [9.17, 15) is 18.3 Å². The number of carbonyl (C=O) groups is 1. The lowest BCUT2D eigenvalue weighted by atomic mass is 10.1. The van der Waals surface area contributed by atoms with E-state index in [1.54, 1.807) is 24.3 Å². The standard InChI is InChI=1S/C14H17NO4S2/c1-3-9(2)8-15-21(18,19)13-10-6-4-5-7-11(10)20-12(13)14(16)17/h4-7,9,15H,3,8H2,1-2H3,(H,16,17). The van der Waals surface area contributed by atoms with Crippen LogP contribution in [0.1, 0.15) is 29.9 Å². The molecule has 2 N–H and O–H groups in total. The first-order chi connectivity index (χ1) is 9.86. The first-order valence-electron chi connectivity index (χ1n) is 6.61. The maximum absolute atomic E-state index is 12.5. The third-order valence-corrected chi connectivity index (χ3v) is 6.13. The highest BCUT2D eigenvalue weighted by Gasteiger charge is 2.28. The van der Waals surface area contributed by atoms with Gasteiger partial charge in [-0.2, -0.15) is 0 Å². The molecule has 2 aromatic rings. The van der Waals surface area contributed by atoms with Crippen LogP contribution in [0.25, 0.3) is 10.1 Å². The van der Waals surface area contributed by atoms with Crippen LogP contribution < -0.4 is 4.72 Å². The molecule has 0 aliphatic carbocycles. The fourth-order valence-electron chi connectivity index (χ4n) is 1.90. The number of carboxylic acids is 1. The fourth-order valence-corrected chi connectivity index (χ4v) is 4.80. The third-order valence-electron chi connectivity index (χ3n) is 3.33. The van der Waals surface area contributed by atoms with Crippen LogP contribution in [-0.4, -0.2) is 26.0 Å². The number of benzene rings is 1. The van der Waals surface area contributed by atoms with Gasteiger partial charge in [0, 0.05) is 16.6 Å². The van der Waals surface area contributed by atoms with Gasteiger partial charge >= 0.3 is 5.97 Å². The number of sulfonamides is 1. The van der Waals surface area contributed by atoms with Crippen LogP contribution in [0, 0.1) is 5.92 Å². The Balaban J connectivity index is 2.53. The van der Waals surface area contributed by atoms with Gasteiger partial charge in [0.25, 0.3) is 0 Å². The molecule has 0 amide bonds. The first kappa shape index (κ1) is 15.9. The van der Waals surface area contributed by atoms with Crippen molar-refractivity contribution in [3.63, 3.8) is 0 Å². The molecule has 5 nitrogen and oxygen atoms in total. The second kappa shape index (κ2) is 6.13. The molecule has 1 atom stereocenters. The summed E-state index contributed by atoms with van der Waals surface area (Å²) in [5, 5.41) is 9.73. The zero-order chi connectivity index (χ0) is 15.6. The van der Waals surface area contributed by atoms with E-state index in [1.807, 2.05) is 13.8 Å². The number of aromatic carboxylic acids is 1. The first-order valence-corrected chi connectivity index (χ1v) is 8.91. The highest BCUT2D eigenvalue weighted by atomic mass is 32.2. The summed E-state index contributed by atoms with van der Waals surface area (Å²) in [6.07, 6.45) is 0.846. The van der Waals surface area contributed by atoms with Gasteiger partial charge in [0.15, 0.2) is 0 Å². The van der Waals surface area contributed by atoms with Crippen LogP contribution in [0.5, 0.6) is 0 Å². The minimum Gasteiger partial charge on any atom is -0.477 e. The van der Waals surface area contributed by atoms with Crippen LogP contribution in [0.2, 0.25) is 0 Å². The lowest BCUT2D eigenvalue weighted by Crippen LogP contribution is -2.29. The zero-order valence-electron chi connectivity index (χ0n) is 11.8. The number of fused-ring (bicyclic) bond motifs is 1. The van der Waals surface area contributed by atoms with Crippen molar-refractivity contribution < 1.29 is 18.3 Å². The number of nitrogens with one attached hydrogen (secondary N) is 1. The smallest absolute Gasteiger partial charge is 0.347 e. The SMILES string of the molecule is CCC(C)CNS(=O)(=O)c1c(C(=O)O)sc2ccccc12. The average molecular weight is 327 g/mol. The molecule has 0 saturated heterocycles. The highest BCUT2D eigenvalue weighted by molar-refractivity contribution is 7.90.